The highest BCUT2D eigenvalue weighted by atomic mass is 35.5. The van der Waals surface area contributed by atoms with Crippen molar-refractivity contribution in [2.75, 3.05) is 21.3 Å². The lowest BCUT2D eigenvalue weighted by molar-refractivity contribution is -0.173. The van der Waals surface area contributed by atoms with E-state index in [-0.39, 0.29) is 70.0 Å². The molecule has 0 bridgehead atoms. The lowest BCUT2D eigenvalue weighted by Gasteiger charge is -2.20. The Hall–Kier alpha value is -10.3. The molecule has 0 atom stereocenters. The van der Waals surface area contributed by atoms with Crippen LogP contribution in [0, 0.1) is 41.5 Å². The molecule has 0 aliphatic heterocycles. The first-order valence-electron chi connectivity index (χ1n) is 33.6. The average molecular weight is 1470 g/mol. The number of pyridine rings is 3. The molecule has 0 spiro atoms. The molecule has 9 rings (SSSR count). The molecule has 9 aromatic rings. The number of carbonyl (C=O) groups excluding carboxylic acids is 3. The Morgan fingerprint density at radius 1 is 0.381 bits per heavy atom. The monoisotopic (exact) mass is 1470 g/mol. The molecule has 3 heterocycles. The van der Waals surface area contributed by atoms with Crippen LogP contribution in [0.5, 0.6) is 29.4 Å². The number of benzene rings is 6. The SMILES string of the molecule is COc1nc(Cl)ccc1CNC(=O)OC(C)(C)C.COc1nc(OCc2cccc(-c3cccc(CO)c3C)c2C)ccc1CNC(=O)C(F)(F)F.COc1nc(OCc2cccc(-c3cccc(CO)c3C)c2C)ccc1CNC(=O)OC(C)(C)C.Cc1c(CO)cccc1-c1cccc(CO)c1C. The largest absolute Gasteiger partial charge is 0.481 e. The second-order valence-electron chi connectivity index (χ2n) is 26.1. The Bertz CT molecular complexity index is 4370. The van der Waals surface area contributed by atoms with Crippen LogP contribution in [-0.2, 0) is 73.5 Å². The number of aliphatic hydroxyl groups is 4. The van der Waals surface area contributed by atoms with E-state index >= 15 is 0 Å². The normalized spacial score (nSPS) is 11.1. The molecule has 105 heavy (non-hydrogen) atoms. The molecule has 6 aromatic carbocycles. The highest BCUT2D eigenvalue weighted by molar-refractivity contribution is 6.29. The number of alkyl carbamates (subject to hydrolysis) is 2. The lowest BCUT2D eigenvalue weighted by atomic mass is 9.92. The van der Waals surface area contributed by atoms with Crippen LogP contribution >= 0.6 is 11.6 Å². The Labute approximate surface area is 616 Å². The molecular weight excluding hydrogens is 1370 g/mol. The van der Waals surface area contributed by atoms with Gasteiger partial charge in [-0.1, -0.05) is 121 Å². The van der Waals surface area contributed by atoms with E-state index in [1.165, 1.54) is 33.5 Å². The fourth-order valence-electron chi connectivity index (χ4n) is 10.8. The van der Waals surface area contributed by atoms with E-state index in [1.54, 1.807) is 44.3 Å². The highest BCUT2D eigenvalue weighted by Gasteiger charge is 2.38. The molecule has 0 radical (unpaired) electrons. The molecule has 560 valence electrons. The first kappa shape index (κ1) is 83.6. The van der Waals surface area contributed by atoms with Crippen molar-refractivity contribution in [1.82, 2.24) is 30.9 Å². The zero-order valence-corrected chi connectivity index (χ0v) is 62.7. The number of aliphatic hydroxyl groups excluding tert-OH is 4. The Kier molecular flexibility index (Phi) is 31.1. The van der Waals surface area contributed by atoms with Gasteiger partial charge in [0.05, 0.1) is 60.8 Å². The van der Waals surface area contributed by atoms with E-state index in [0.29, 0.717) is 35.0 Å². The Morgan fingerprint density at radius 3 is 0.924 bits per heavy atom. The first-order valence-corrected chi connectivity index (χ1v) is 33.9. The van der Waals surface area contributed by atoms with Crippen LogP contribution in [0.1, 0.15) is 125 Å². The quantitative estimate of drug-likeness (QED) is 0.0311. The number of methoxy groups -OCH3 is 3. The first-order chi connectivity index (χ1) is 49.8. The summed E-state index contributed by atoms with van der Waals surface area (Å²) in [5, 5.41) is 45.3. The third kappa shape index (κ3) is 24.4. The van der Waals surface area contributed by atoms with Crippen molar-refractivity contribution >= 4 is 29.7 Å². The predicted molar refractivity (Wildman–Crippen MR) is 398 cm³/mol. The van der Waals surface area contributed by atoms with Crippen molar-refractivity contribution in [3.63, 3.8) is 0 Å². The van der Waals surface area contributed by atoms with Gasteiger partial charge in [0.25, 0.3) is 0 Å². The molecule has 20 nitrogen and oxygen atoms in total. The summed E-state index contributed by atoms with van der Waals surface area (Å²) in [4.78, 5) is 47.1. The van der Waals surface area contributed by atoms with Gasteiger partial charge in [-0.2, -0.15) is 23.1 Å². The molecule has 3 amide bonds. The molecule has 0 saturated carbocycles. The van der Waals surface area contributed by atoms with E-state index in [4.69, 9.17) is 44.8 Å². The van der Waals surface area contributed by atoms with Gasteiger partial charge < -0.3 is 69.5 Å². The predicted octanol–water partition coefficient (Wildman–Crippen LogP) is 15.8. The van der Waals surface area contributed by atoms with Crippen molar-refractivity contribution in [2.24, 2.45) is 0 Å². The maximum atomic E-state index is 12.4. The van der Waals surface area contributed by atoms with Gasteiger partial charge in [-0.3, -0.25) is 4.79 Å². The number of rotatable bonds is 22. The van der Waals surface area contributed by atoms with Crippen molar-refractivity contribution in [3.05, 3.63) is 234 Å². The molecule has 3 aromatic heterocycles. The maximum absolute atomic E-state index is 12.4. The molecule has 24 heteroatoms. The third-order valence-corrected chi connectivity index (χ3v) is 16.8. The number of nitrogens with one attached hydrogen (secondary N) is 3. The summed E-state index contributed by atoms with van der Waals surface area (Å²) < 4.78 is 75.0. The highest BCUT2D eigenvalue weighted by Crippen LogP contribution is 2.35. The minimum absolute atomic E-state index is 0.0122. The zero-order chi connectivity index (χ0) is 77.3. The van der Waals surface area contributed by atoms with Crippen LogP contribution in [0.2, 0.25) is 5.15 Å². The summed E-state index contributed by atoms with van der Waals surface area (Å²) in [6.45, 7) is 23.7. The molecule has 0 fully saturated rings. The smallest absolute Gasteiger partial charge is 0.471 e. The molecule has 7 N–H and O–H groups in total. The second-order valence-corrected chi connectivity index (χ2v) is 26.5. The molecular formula is C81H94ClF3N6O14. The topological polar surface area (TPSA) is 271 Å². The summed E-state index contributed by atoms with van der Waals surface area (Å²) in [6, 6.07) is 45.6. The van der Waals surface area contributed by atoms with Crippen LogP contribution in [0.4, 0.5) is 22.8 Å². The molecule has 0 aliphatic carbocycles. The number of carbonyl (C=O) groups is 3. The van der Waals surface area contributed by atoms with Gasteiger partial charge in [0.1, 0.15) is 29.6 Å². The van der Waals surface area contributed by atoms with E-state index < -0.39 is 35.5 Å². The lowest BCUT2D eigenvalue weighted by Crippen LogP contribution is -2.36. The summed E-state index contributed by atoms with van der Waals surface area (Å²) in [5.74, 6) is -0.567. The summed E-state index contributed by atoms with van der Waals surface area (Å²) in [6.07, 6.45) is -5.96. The molecule has 0 unspecified atom stereocenters. The van der Waals surface area contributed by atoms with Crippen LogP contribution in [-0.4, -0.2) is 92.2 Å². The number of amides is 3. The van der Waals surface area contributed by atoms with Crippen LogP contribution < -0.4 is 39.6 Å². The summed E-state index contributed by atoms with van der Waals surface area (Å²) >= 11 is 5.74. The maximum Gasteiger partial charge on any atom is 0.471 e. The van der Waals surface area contributed by atoms with Crippen molar-refractivity contribution in [2.45, 2.75) is 160 Å². The number of ether oxygens (including phenoxy) is 7. The number of halogens is 4. The molecule has 0 saturated heterocycles. The third-order valence-electron chi connectivity index (χ3n) is 16.6. The summed E-state index contributed by atoms with van der Waals surface area (Å²) in [7, 11) is 4.35. The van der Waals surface area contributed by atoms with Gasteiger partial charge in [0.2, 0.25) is 29.4 Å². The van der Waals surface area contributed by atoms with Gasteiger partial charge >= 0.3 is 24.3 Å². The van der Waals surface area contributed by atoms with Crippen molar-refractivity contribution in [3.8, 4) is 62.8 Å². The van der Waals surface area contributed by atoms with Crippen LogP contribution in [0.3, 0.4) is 0 Å². The van der Waals surface area contributed by atoms with Gasteiger partial charge in [-0.25, -0.2) is 14.6 Å². The van der Waals surface area contributed by atoms with Crippen LogP contribution in [0.15, 0.2) is 146 Å². The minimum Gasteiger partial charge on any atom is -0.481 e. The zero-order valence-electron chi connectivity index (χ0n) is 61.9. The average Bonchev–Trinajstić information content (AvgIpc) is 0.806. The van der Waals surface area contributed by atoms with Crippen molar-refractivity contribution < 1.29 is 81.1 Å². The number of nitrogens with zero attached hydrogens (tertiary/aromatic N) is 3. The number of hydrogen-bond acceptors (Lipinski definition) is 17. The minimum atomic E-state index is -4.96. The van der Waals surface area contributed by atoms with E-state index in [1.807, 2.05) is 146 Å². The van der Waals surface area contributed by atoms with E-state index in [0.717, 1.165) is 106 Å². The summed E-state index contributed by atoms with van der Waals surface area (Å²) in [5.41, 5.74) is 19.1. The second kappa shape index (κ2) is 39.0. The standard InChI is InChI=1S/C28H34N2O5.C25H25F3N2O4.C16H18O2.C12H17ClN2O3/c1-18-21(16-31)9-7-11-23(18)24-12-8-10-22(19(24)2)17-34-25-14-13-20(26(30-25)33-6)15-29-27(32)35-28(3,4)5;1-15-18(13-31)6-4-8-20(15)21-9-5-7-19(16(21)2)14-34-22-11-10-17(23(30-22)33-3)12-29-24(32)25(26,27)28;1-11-13(9-17)5-3-7-15(11)16-8-4-6-14(10-18)12(16)2;1-12(2,3)18-11(16)14-7-8-5-6-9(13)15-10(8)17-4/h7-14,31H,15-17H2,1-6H3,(H,29,32);4-11,31H,12-14H2,1-3H3,(H,29,32);3-8,17-18H,9-10H2,1-2H3;5-6H,7H2,1-4H3,(H,14,16). The van der Waals surface area contributed by atoms with Gasteiger partial charge in [0.15, 0.2) is 0 Å². The fourth-order valence-corrected chi connectivity index (χ4v) is 11.0. The van der Waals surface area contributed by atoms with Crippen molar-refractivity contribution in [1.29, 1.82) is 0 Å². The van der Waals surface area contributed by atoms with Crippen LogP contribution in [0.25, 0.3) is 33.4 Å². The Balaban J connectivity index is 0.000000230. The number of aromatic nitrogens is 3. The number of alkyl halides is 3. The van der Waals surface area contributed by atoms with Gasteiger partial charge in [-0.05, 0) is 207 Å². The van der Waals surface area contributed by atoms with E-state index in [2.05, 4.69) is 56.8 Å². The van der Waals surface area contributed by atoms with Gasteiger partial charge in [-0.15, -0.1) is 0 Å². The Morgan fingerprint density at radius 2 is 0.648 bits per heavy atom. The van der Waals surface area contributed by atoms with Gasteiger partial charge in [0, 0.05) is 35.4 Å². The molecule has 0 aliphatic rings. The van der Waals surface area contributed by atoms with E-state index in [9.17, 15) is 48.0 Å². The number of hydrogen-bond donors (Lipinski definition) is 7. The fraction of sp³-hybridized carbons (Fsp3) is 0.333.